The molecule has 2 bridgehead atoms. The van der Waals surface area contributed by atoms with Crippen molar-refractivity contribution < 1.29 is 0 Å². The summed E-state index contributed by atoms with van der Waals surface area (Å²) in [5, 5.41) is 4.21. The molecular weight excluding hydrogens is 302 g/mol. The van der Waals surface area contributed by atoms with Gasteiger partial charge in [0.25, 0.3) is 0 Å². The third-order valence-electron chi connectivity index (χ3n) is 3.67. The first-order valence-corrected chi connectivity index (χ1v) is 7.21. The molecule has 2 fully saturated rings. The van der Waals surface area contributed by atoms with E-state index >= 15 is 0 Å². The summed E-state index contributed by atoms with van der Waals surface area (Å²) in [7, 11) is 0. The molecule has 0 amide bonds. The quantitative estimate of drug-likeness (QED) is 0.808. The Kier molecular flexibility index (Phi) is 3.28. The van der Waals surface area contributed by atoms with E-state index in [-0.39, 0.29) is 0 Å². The second kappa shape index (κ2) is 4.75. The van der Waals surface area contributed by atoms with E-state index in [0.29, 0.717) is 17.2 Å². The topological polar surface area (TPSA) is 28.2 Å². The molecule has 2 aliphatic rings. The van der Waals surface area contributed by atoms with Gasteiger partial charge >= 0.3 is 0 Å². The second-order valence-electron chi connectivity index (χ2n) is 4.84. The summed E-state index contributed by atoms with van der Waals surface area (Å²) in [4.78, 5) is 6.61. The zero-order chi connectivity index (χ0) is 11.8. The Hall–Kier alpha value is -0.320. The molecule has 2 aliphatic heterocycles. The predicted octanol–water partition coefficient (Wildman–Crippen LogP) is 2.83. The van der Waals surface area contributed by atoms with Crippen molar-refractivity contribution in [2.45, 2.75) is 31.3 Å². The van der Waals surface area contributed by atoms with Crippen LogP contribution in [0, 0.1) is 0 Å². The van der Waals surface area contributed by atoms with Crippen molar-refractivity contribution in [1.29, 1.82) is 0 Å². The summed E-state index contributed by atoms with van der Waals surface area (Å²) in [6.45, 7) is 2.18. The number of hydrogen-bond acceptors (Lipinski definition) is 3. The molecule has 0 saturated carbocycles. The van der Waals surface area contributed by atoms with Crippen molar-refractivity contribution in [3.05, 3.63) is 21.9 Å². The summed E-state index contributed by atoms with van der Waals surface area (Å²) < 4.78 is 0.874. The van der Waals surface area contributed by atoms with Crippen LogP contribution in [0.5, 0.6) is 0 Å². The Morgan fingerprint density at radius 2 is 2.18 bits per heavy atom. The number of nitrogens with one attached hydrogen (secondary N) is 1. The van der Waals surface area contributed by atoms with E-state index in [1.807, 2.05) is 6.20 Å². The van der Waals surface area contributed by atoms with Crippen molar-refractivity contribution in [3.63, 3.8) is 0 Å². The molecule has 0 radical (unpaired) electrons. The molecule has 0 aliphatic carbocycles. The van der Waals surface area contributed by atoms with Crippen molar-refractivity contribution in [3.8, 4) is 0 Å². The predicted molar refractivity (Wildman–Crippen MR) is 73.7 cm³/mol. The summed E-state index contributed by atoms with van der Waals surface area (Å²) in [6.07, 6.45) is 5.72. The van der Waals surface area contributed by atoms with E-state index in [1.165, 1.54) is 19.3 Å². The average molecular weight is 317 g/mol. The van der Waals surface area contributed by atoms with Crippen LogP contribution in [-0.2, 0) is 0 Å². The Bertz CT molecular complexity index is 426. The van der Waals surface area contributed by atoms with Crippen LogP contribution in [0.25, 0.3) is 0 Å². The van der Waals surface area contributed by atoms with Gasteiger partial charge in [-0.1, -0.05) is 11.6 Å². The summed E-state index contributed by atoms with van der Waals surface area (Å²) in [6, 6.07) is 3.42. The molecule has 3 rings (SSSR count). The molecule has 3 heterocycles. The molecule has 1 N–H and O–H groups in total. The minimum Gasteiger partial charge on any atom is -0.369 e. The van der Waals surface area contributed by atoms with E-state index in [0.717, 1.165) is 23.2 Å². The highest BCUT2D eigenvalue weighted by molar-refractivity contribution is 9.10. The van der Waals surface area contributed by atoms with Gasteiger partial charge in [-0.2, -0.15) is 0 Å². The molecule has 2 atom stereocenters. The first-order chi connectivity index (χ1) is 8.22. The Balaban J connectivity index is 1.81. The van der Waals surface area contributed by atoms with Crippen LogP contribution in [-0.4, -0.2) is 30.2 Å². The first-order valence-electron chi connectivity index (χ1n) is 6.04. The normalized spacial score (nSPS) is 28.2. The molecule has 0 spiro atoms. The van der Waals surface area contributed by atoms with Crippen LogP contribution in [0.2, 0.25) is 5.15 Å². The second-order valence-corrected chi connectivity index (χ2v) is 6.05. The van der Waals surface area contributed by atoms with E-state index in [1.54, 1.807) is 0 Å². The molecular formula is C12H15BrClN3. The van der Waals surface area contributed by atoms with Crippen LogP contribution in [0.1, 0.15) is 19.3 Å². The van der Waals surface area contributed by atoms with Gasteiger partial charge in [-0.25, -0.2) is 4.98 Å². The molecule has 92 valence electrons. The van der Waals surface area contributed by atoms with Crippen molar-refractivity contribution >= 4 is 33.2 Å². The van der Waals surface area contributed by atoms with Crippen LogP contribution >= 0.6 is 27.5 Å². The van der Waals surface area contributed by atoms with E-state index in [4.69, 9.17) is 11.6 Å². The van der Waals surface area contributed by atoms with Crippen LogP contribution in [0.15, 0.2) is 16.7 Å². The van der Waals surface area contributed by atoms with Crippen LogP contribution in [0.4, 0.5) is 5.69 Å². The smallest absolute Gasteiger partial charge is 0.143 e. The maximum atomic E-state index is 5.93. The molecule has 0 unspecified atom stereocenters. The van der Waals surface area contributed by atoms with Gasteiger partial charge in [-0.3, -0.25) is 0 Å². The fourth-order valence-electron chi connectivity index (χ4n) is 2.76. The van der Waals surface area contributed by atoms with E-state index in [2.05, 4.69) is 37.2 Å². The number of aromatic nitrogens is 1. The number of nitrogens with zero attached hydrogens (tertiary/aromatic N) is 2. The maximum Gasteiger partial charge on any atom is 0.143 e. The highest BCUT2D eigenvalue weighted by Crippen LogP contribution is 2.28. The average Bonchev–Trinajstić information content (AvgIpc) is 2.63. The zero-order valence-corrected chi connectivity index (χ0v) is 11.8. The van der Waals surface area contributed by atoms with Gasteiger partial charge in [0.1, 0.15) is 5.15 Å². The lowest BCUT2D eigenvalue weighted by molar-refractivity contribution is 0.563. The minimum absolute atomic E-state index is 0.531. The van der Waals surface area contributed by atoms with Gasteiger partial charge in [0.15, 0.2) is 0 Å². The Morgan fingerprint density at radius 1 is 1.35 bits per heavy atom. The summed E-state index contributed by atoms with van der Waals surface area (Å²) in [5.41, 5.74) is 1.16. The highest BCUT2D eigenvalue weighted by atomic mass is 79.9. The number of pyridine rings is 1. The lowest BCUT2D eigenvalue weighted by atomic mass is 10.1. The molecule has 2 saturated heterocycles. The first kappa shape index (κ1) is 11.8. The molecule has 3 nitrogen and oxygen atoms in total. The largest absolute Gasteiger partial charge is 0.369 e. The Labute approximate surface area is 115 Å². The summed E-state index contributed by atoms with van der Waals surface area (Å²) >= 11 is 9.36. The van der Waals surface area contributed by atoms with Gasteiger partial charge < -0.3 is 10.2 Å². The summed E-state index contributed by atoms with van der Waals surface area (Å²) in [5.74, 6) is 0. The van der Waals surface area contributed by atoms with Crippen molar-refractivity contribution in [2.75, 3.05) is 18.0 Å². The third-order valence-corrected chi connectivity index (χ3v) is 4.80. The number of fused-ring (bicyclic) bond motifs is 2. The molecule has 5 heteroatoms. The van der Waals surface area contributed by atoms with E-state index in [9.17, 15) is 0 Å². The fraction of sp³-hybridized carbons (Fsp3) is 0.583. The van der Waals surface area contributed by atoms with Gasteiger partial charge in [0.2, 0.25) is 0 Å². The van der Waals surface area contributed by atoms with Gasteiger partial charge in [-0.15, -0.1) is 0 Å². The minimum atomic E-state index is 0.531. The van der Waals surface area contributed by atoms with E-state index < -0.39 is 0 Å². The molecule has 1 aromatic heterocycles. The van der Waals surface area contributed by atoms with Crippen molar-refractivity contribution in [2.24, 2.45) is 0 Å². The highest BCUT2D eigenvalue weighted by Gasteiger charge is 2.29. The number of anilines is 1. The fourth-order valence-corrected chi connectivity index (χ4v) is 3.20. The number of rotatable bonds is 1. The SMILES string of the molecule is Clc1ncc(N2CC[C@H]3CC[C@@H](C2)N3)cc1Br. The molecule has 1 aromatic rings. The van der Waals surface area contributed by atoms with Crippen LogP contribution < -0.4 is 10.2 Å². The number of halogens is 2. The van der Waals surface area contributed by atoms with Gasteiger partial charge in [0.05, 0.1) is 16.4 Å². The van der Waals surface area contributed by atoms with Gasteiger partial charge in [-0.05, 0) is 41.3 Å². The lowest BCUT2D eigenvalue weighted by Gasteiger charge is -2.26. The van der Waals surface area contributed by atoms with Gasteiger partial charge in [0, 0.05) is 25.2 Å². The Morgan fingerprint density at radius 3 is 3.00 bits per heavy atom. The third kappa shape index (κ3) is 2.44. The molecule has 0 aromatic carbocycles. The van der Waals surface area contributed by atoms with Crippen LogP contribution in [0.3, 0.4) is 0 Å². The van der Waals surface area contributed by atoms with Crippen molar-refractivity contribution in [1.82, 2.24) is 10.3 Å². The lowest BCUT2D eigenvalue weighted by Crippen LogP contribution is -2.35. The number of hydrogen-bond donors (Lipinski definition) is 1. The maximum absolute atomic E-state index is 5.93. The monoisotopic (exact) mass is 315 g/mol. The standard InChI is InChI=1S/C12H15BrClN3/c13-11-5-10(6-15-12(11)14)17-4-3-8-1-2-9(7-17)16-8/h5-6,8-9,16H,1-4,7H2/t8-,9+/m1/s1. The zero-order valence-electron chi connectivity index (χ0n) is 9.50. The molecule has 17 heavy (non-hydrogen) atoms.